The molecule has 0 amide bonds. The molecule has 6 nitrogen and oxygen atoms in total. The molecule has 1 saturated carbocycles. The summed E-state index contributed by atoms with van der Waals surface area (Å²) in [4.78, 5) is 6.87. The number of nitrogens with zero attached hydrogens (tertiary/aromatic N) is 3. The first kappa shape index (κ1) is 20.6. The van der Waals surface area contributed by atoms with Crippen LogP contribution in [0.25, 0.3) is 0 Å². The number of nitrogens with one attached hydrogen (secondary N) is 1. The quantitative estimate of drug-likeness (QED) is 0.731. The fourth-order valence-corrected chi connectivity index (χ4v) is 5.34. The van der Waals surface area contributed by atoms with Crippen LogP contribution in [0, 0.1) is 0 Å². The monoisotopic (exact) mass is 402 g/mol. The van der Waals surface area contributed by atoms with Crippen molar-refractivity contribution in [2.45, 2.75) is 43.0 Å². The molecular weight excluding hydrogens is 372 g/mol. The minimum atomic E-state index is -3.64. The van der Waals surface area contributed by atoms with E-state index in [-0.39, 0.29) is 10.4 Å². The maximum absolute atomic E-state index is 13.0. The summed E-state index contributed by atoms with van der Waals surface area (Å²) in [5.41, 5.74) is 0.806. The van der Waals surface area contributed by atoms with E-state index in [0.29, 0.717) is 18.1 Å². The van der Waals surface area contributed by atoms with Gasteiger partial charge in [0.25, 0.3) is 10.0 Å². The van der Waals surface area contributed by atoms with E-state index in [9.17, 15) is 8.42 Å². The topological polar surface area (TPSA) is 65.5 Å². The number of likely N-dealkylation sites (N-methyl/N-ethyl adjacent to an activating group) is 1. The highest BCUT2D eigenvalue weighted by Gasteiger charge is 2.35. The van der Waals surface area contributed by atoms with Gasteiger partial charge in [0.2, 0.25) is 0 Å². The van der Waals surface area contributed by atoms with Crippen molar-refractivity contribution in [2.75, 3.05) is 36.8 Å². The third-order valence-corrected chi connectivity index (χ3v) is 7.62. The number of hydrogen-bond acceptors (Lipinski definition) is 5. The zero-order valence-corrected chi connectivity index (χ0v) is 17.7. The van der Waals surface area contributed by atoms with E-state index in [1.165, 1.54) is 36.2 Å². The molecule has 0 atom stereocenters. The van der Waals surface area contributed by atoms with Gasteiger partial charge < -0.3 is 10.2 Å². The molecule has 1 aromatic carbocycles. The van der Waals surface area contributed by atoms with E-state index < -0.39 is 10.0 Å². The second-order valence-electron chi connectivity index (χ2n) is 7.56. The summed E-state index contributed by atoms with van der Waals surface area (Å²) in [7, 11) is 0.606. The molecule has 1 N–H and O–H groups in total. The maximum atomic E-state index is 13.0. The molecule has 0 bridgehead atoms. The predicted octanol–water partition coefficient (Wildman–Crippen LogP) is 3.58. The highest BCUT2D eigenvalue weighted by Crippen LogP contribution is 2.34. The molecule has 1 aliphatic rings. The van der Waals surface area contributed by atoms with Crippen LogP contribution in [0.15, 0.2) is 53.6 Å². The molecule has 1 aromatic heterocycles. The number of benzene rings is 1. The van der Waals surface area contributed by atoms with Crippen LogP contribution >= 0.6 is 0 Å². The summed E-state index contributed by atoms with van der Waals surface area (Å²) < 4.78 is 27.5. The predicted molar refractivity (Wildman–Crippen MR) is 114 cm³/mol. The molecule has 0 radical (unpaired) electrons. The van der Waals surface area contributed by atoms with Crippen LogP contribution in [-0.4, -0.2) is 51.0 Å². The molecule has 1 fully saturated rings. The average Bonchev–Trinajstić information content (AvgIpc) is 3.18. The number of anilines is 2. The van der Waals surface area contributed by atoms with Crippen molar-refractivity contribution >= 4 is 21.5 Å². The summed E-state index contributed by atoms with van der Waals surface area (Å²) in [5, 5.41) is 3.40. The molecule has 0 saturated heterocycles. The molecular formula is C21H30N4O2S. The third-order valence-electron chi connectivity index (χ3n) is 5.74. The Morgan fingerprint density at radius 1 is 1.07 bits per heavy atom. The van der Waals surface area contributed by atoms with Gasteiger partial charge in [0.15, 0.2) is 0 Å². The average molecular weight is 403 g/mol. The van der Waals surface area contributed by atoms with Crippen LogP contribution in [0.4, 0.5) is 11.5 Å². The van der Waals surface area contributed by atoms with Crippen LogP contribution in [0.5, 0.6) is 0 Å². The van der Waals surface area contributed by atoms with E-state index in [0.717, 1.165) is 6.54 Å². The zero-order valence-electron chi connectivity index (χ0n) is 16.9. The van der Waals surface area contributed by atoms with Gasteiger partial charge in [-0.3, -0.25) is 4.31 Å². The first-order valence-corrected chi connectivity index (χ1v) is 11.3. The summed E-state index contributed by atoms with van der Waals surface area (Å²) >= 11 is 0. The highest BCUT2D eigenvalue weighted by atomic mass is 32.2. The number of pyridine rings is 1. The molecule has 0 unspecified atom stereocenters. The van der Waals surface area contributed by atoms with Crippen molar-refractivity contribution in [3.05, 3.63) is 48.7 Å². The van der Waals surface area contributed by atoms with Crippen molar-refractivity contribution in [3.63, 3.8) is 0 Å². The van der Waals surface area contributed by atoms with E-state index in [2.05, 4.69) is 29.3 Å². The second-order valence-corrected chi connectivity index (χ2v) is 9.43. The number of aromatic nitrogens is 1. The van der Waals surface area contributed by atoms with Crippen molar-refractivity contribution in [2.24, 2.45) is 0 Å². The number of para-hydroxylation sites is 1. The van der Waals surface area contributed by atoms with Crippen molar-refractivity contribution < 1.29 is 8.42 Å². The van der Waals surface area contributed by atoms with Crippen LogP contribution in [-0.2, 0) is 10.0 Å². The van der Waals surface area contributed by atoms with Gasteiger partial charge in [-0.2, -0.15) is 0 Å². The Morgan fingerprint density at radius 2 is 1.75 bits per heavy atom. The Kier molecular flexibility index (Phi) is 6.25. The van der Waals surface area contributed by atoms with Gasteiger partial charge in [0, 0.05) is 24.8 Å². The third kappa shape index (κ3) is 4.15. The van der Waals surface area contributed by atoms with Gasteiger partial charge in [-0.05, 0) is 58.1 Å². The SMILES string of the molecule is CCN(c1ccccc1)S(=O)(=O)c1ccc(NCC2(N(C)C)CCCC2)nc1. The largest absolute Gasteiger partial charge is 0.368 e. The minimum absolute atomic E-state index is 0.152. The van der Waals surface area contributed by atoms with E-state index in [1.54, 1.807) is 24.3 Å². The van der Waals surface area contributed by atoms with Gasteiger partial charge >= 0.3 is 0 Å². The molecule has 3 rings (SSSR count). The fourth-order valence-electron chi connectivity index (χ4n) is 3.92. The van der Waals surface area contributed by atoms with Crippen LogP contribution in [0.2, 0.25) is 0 Å². The van der Waals surface area contributed by atoms with Crippen molar-refractivity contribution in [3.8, 4) is 0 Å². The van der Waals surface area contributed by atoms with Gasteiger partial charge in [-0.1, -0.05) is 31.0 Å². The number of sulfonamides is 1. The van der Waals surface area contributed by atoms with E-state index in [1.807, 2.05) is 25.1 Å². The molecule has 7 heteroatoms. The summed E-state index contributed by atoms with van der Waals surface area (Å²) in [6.07, 6.45) is 6.28. The van der Waals surface area contributed by atoms with Gasteiger partial charge in [-0.15, -0.1) is 0 Å². The lowest BCUT2D eigenvalue weighted by atomic mass is 9.96. The number of hydrogen-bond donors (Lipinski definition) is 1. The molecule has 0 aliphatic heterocycles. The van der Waals surface area contributed by atoms with E-state index >= 15 is 0 Å². The lowest BCUT2D eigenvalue weighted by Gasteiger charge is -2.36. The number of rotatable bonds is 8. The van der Waals surface area contributed by atoms with Crippen molar-refractivity contribution in [1.82, 2.24) is 9.88 Å². The summed E-state index contributed by atoms with van der Waals surface area (Å²) in [5.74, 6) is 0.704. The molecule has 152 valence electrons. The van der Waals surface area contributed by atoms with Crippen LogP contribution in [0.1, 0.15) is 32.6 Å². The Labute approximate surface area is 168 Å². The molecule has 2 aromatic rings. The Hall–Kier alpha value is -2.12. The maximum Gasteiger partial charge on any atom is 0.265 e. The smallest absolute Gasteiger partial charge is 0.265 e. The van der Waals surface area contributed by atoms with Gasteiger partial charge in [0.1, 0.15) is 10.7 Å². The molecule has 1 heterocycles. The Bertz CT molecular complexity index is 861. The minimum Gasteiger partial charge on any atom is -0.368 e. The fraction of sp³-hybridized carbons (Fsp3) is 0.476. The molecule has 0 spiro atoms. The summed E-state index contributed by atoms with van der Waals surface area (Å²) in [6.45, 7) is 3.00. The lowest BCUT2D eigenvalue weighted by Crippen LogP contribution is -2.47. The molecule has 28 heavy (non-hydrogen) atoms. The lowest BCUT2D eigenvalue weighted by molar-refractivity contribution is 0.172. The normalized spacial score (nSPS) is 16.3. The first-order chi connectivity index (χ1) is 13.4. The van der Waals surface area contributed by atoms with Gasteiger partial charge in [-0.25, -0.2) is 13.4 Å². The standard InChI is InChI=1S/C21H30N4O2S/c1-4-25(18-10-6-5-7-11-18)28(26,27)19-12-13-20(22-16-19)23-17-21(24(2)3)14-8-9-15-21/h5-7,10-13,16H,4,8-9,14-15,17H2,1-3H3,(H,22,23). The molecule has 1 aliphatic carbocycles. The van der Waals surface area contributed by atoms with Crippen molar-refractivity contribution in [1.29, 1.82) is 0 Å². The Morgan fingerprint density at radius 3 is 2.29 bits per heavy atom. The highest BCUT2D eigenvalue weighted by molar-refractivity contribution is 7.92. The van der Waals surface area contributed by atoms with Crippen LogP contribution < -0.4 is 9.62 Å². The second kappa shape index (κ2) is 8.49. The van der Waals surface area contributed by atoms with E-state index in [4.69, 9.17) is 0 Å². The zero-order chi connectivity index (χ0) is 20.2. The summed E-state index contributed by atoms with van der Waals surface area (Å²) in [6, 6.07) is 12.5. The van der Waals surface area contributed by atoms with Crippen LogP contribution in [0.3, 0.4) is 0 Å². The van der Waals surface area contributed by atoms with Gasteiger partial charge in [0.05, 0.1) is 5.69 Å². The Balaban J connectivity index is 1.74. The first-order valence-electron chi connectivity index (χ1n) is 9.84.